The van der Waals surface area contributed by atoms with Gasteiger partial charge in [-0.05, 0) is 36.6 Å². The zero-order chi connectivity index (χ0) is 12.2. The van der Waals surface area contributed by atoms with Crippen LogP contribution < -0.4 is 4.52 Å². The molecular weight excluding hydrogens is 227 g/mol. The summed E-state index contributed by atoms with van der Waals surface area (Å²) in [4.78, 5) is 0. The van der Waals surface area contributed by atoms with E-state index in [2.05, 4.69) is 6.92 Å². The van der Waals surface area contributed by atoms with Crippen LogP contribution in [0.25, 0.3) is 0 Å². The van der Waals surface area contributed by atoms with E-state index in [0.717, 1.165) is 12.0 Å². The molecule has 90 valence electrons. The van der Waals surface area contributed by atoms with Gasteiger partial charge in [-0.3, -0.25) is 9.05 Å². The Bertz CT molecular complexity index is 395. The lowest BCUT2D eigenvalue weighted by Crippen LogP contribution is -1.98. The average Bonchev–Trinajstić information content (AvgIpc) is 2.29. The van der Waals surface area contributed by atoms with Crippen LogP contribution >= 0.6 is 7.82 Å². The second-order valence-corrected chi connectivity index (χ2v) is 5.15. The van der Waals surface area contributed by atoms with Crippen LogP contribution in [-0.2, 0) is 20.0 Å². The molecule has 0 amide bonds. The summed E-state index contributed by atoms with van der Waals surface area (Å²) in [6, 6.07) is 5.53. The van der Waals surface area contributed by atoms with Gasteiger partial charge in [0.25, 0.3) is 0 Å². The Balaban J connectivity index is 2.91. The van der Waals surface area contributed by atoms with Crippen LogP contribution in [0.2, 0.25) is 0 Å². The first-order chi connectivity index (χ1) is 7.54. The largest absolute Gasteiger partial charge is 0.529 e. The molecule has 1 rings (SSSR count). The van der Waals surface area contributed by atoms with Gasteiger partial charge in [0.2, 0.25) is 0 Å². The van der Waals surface area contributed by atoms with Crippen molar-refractivity contribution < 1.29 is 18.1 Å². The molecule has 0 N–H and O–H groups in total. The third-order valence-electron chi connectivity index (χ3n) is 2.36. The van der Waals surface area contributed by atoms with E-state index in [1.54, 1.807) is 6.07 Å². The second-order valence-electron chi connectivity index (χ2n) is 3.35. The quantitative estimate of drug-likeness (QED) is 0.745. The average molecular weight is 244 g/mol. The van der Waals surface area contributed by atoms with Gasteiger partial charge < -0.3 is 4.52 Å². The molecule has 0 heterocycles. The lowest BCUT2D eigenvalue weighted by Gasteiger charge is -2.15. The summed E-state index contributed by atoms with van der Waals surface area (Å²) in [5.74, 6) is 0.488. The fraction of sp³-hybridized carbons (Fsp3) is 0.455. The van der Waals surface area contributed by atoms with Gasteiger partial charge >= 0.3 is 7.82 Å². The molecule has 0 aliphatic heterocycles. The first-order valence-electron chi connectivity index (χ1n) is 5.05. The molecule has 1 aromatic rings. The van der Waals surface area contributed by atoms with E-state index in [4.69, 9.17) is 13.6 Å². The monoisotopic (exact) mass is 244 g/mol. The third-order valence-corrected chi connectivity index (χ3v) is 3.69. The Labute approximate surface area is 96.1 Å². The summed E-state index contributed by atoms with van der Waals surface area (Å²) in [5, 5.41) is 0. The third kappa shape index (κ3) is 3.08. The summed E-state index contributed by atoms with van der Waals surface area (Å²) in [7, 11) is -0.868. The molecule has 16 heavy (non-hydrogen) atoms. The second kappa shape index (κ2) is 5.48. The van der Waals surface area contributed by atoms with E-state index in [0.29, 0.717) is 5.75 Å². The summed E-state index contributed by atoms with van der Waals surface area (Å²) >= 11 is 0. The molecule has 0 fully saturated rings. The number of rotatable bonds is 5. The smallest absolute Gasteiger partial charge is 0.404 e. The molecule has 1 aromatic carbocycles. The van der Waals surface area contributed by atoms with Crippen LogP contribution in [0.15, 0.2) is 18.2 Å². The Morgan fingerprint density at radius 2 is 1.88 bits per heavy atom. The molecule has 0 aromatic heterocycles. The molecule has 4 nitrogen and oxygen atoms in total. The van der Waals surface area contributed by atoms with Gasteiger partial charge in [0.15, 0.2) is 0 Å². The first kappa shape index (κ1) is 13.2. The molecule has 0 atom stereocenters. The number of hydrogen-bond acceptors (Lipinski definition) is 4. The molecule has 0 spiro atoms. The fourth-order valence-electron chi connectivity index (χ4n) is 1.40. The van der Waals surface area contributed by atoms with E-state index in [-0.39, 0.29) is 0 Å². The van der Waals surface area contributed by atoms with Crippen LogP contribution in [0, 0.1) is 6.92 Å². The lowest BCUT2D eigenvalue weighted by atomic mass is 10.1. The van der Waals surface area contributed by atoms with E-state index in [9.17, 15) is 4.57 Å². The van der Waals surface area contributed by atoms with E-state index >= 15 is 0 Å². The molecule has 0 unspecified atom stereocenters. The van der Waals surface area contributed by atoms with Crippen molar-refractivity contribution in [2.24, 2.45) is 0 Å². The maximum absolute atomic E-state index is 11.7. The fourth-order valence-corrected chi connectivity index (χ4v) is 2.07. The molecule has 0 radical (unpaired) electrons. The van der Waals surface area contributed by atoms with Gasteiger partial charge in [0.05, 0.1) is 0 Å². The molecule has 5 heteroatoms. The van der Waals surface area contributed by atoms with Crippen molar-refractivity contribution >= 4 is 7.82 Å². The van der Waals surface area contributed by atoms with Gasteiger partial charge in [-0.15, -0.1) is 0 Å². The minimum atomic E-state index is -3.45. The van der Waals surface area contributed by atoms with Crippen molar-refractivity contribution in [3.05, 3.63) is 29.3 Å². The van der Waals surface area contributed by atoms with Crippen molar-refractivity contribution in [2.75, 3.05) is 14.2 Å². The van der Waals surface area contributed by atoms with Crippen molar-refractivity contribution in [2.45, 2.75) is 20.3 Å². The van der Waals surface area contributed by atoms with E-state index in [1.807, 2.05) is 19.1 Å². The van der Waals surface area contributed by atoms with Gasteiger partial charge in [-0.25, -0.2) is 4.57 Å². The van der Waals surface area contributed by atoms with Crippen LogP contribution in [0.4, 0.5) is 0 Å². The predicted molar refractivity (Wildman–Crippen MR) is 62.8 cm³/mol. The highest BCUT2D eigenvalue weighted by atomic mass is 31.2. The van der Waals surface area contributed by atoms with Gasteiger partial charge in [0, 0.05) is 14.2 Å². The molecular formula is C11H17O4P. The molecule has 0 saturated carbocycles. The van der Waals surface area contributed by atoms with E-state index < -0.39 is 7.82 Å². The Morgan fingerprint density at radius 3 is 2.31 bits per heavy atom. The van der Waals surface area contributed by atoms with Crippen LogP contribution in [-0.4, -0.2) is 14.2 Å². The van der Waals surface area contributed by atoms with Crippen LogP contribution in [0.3, 0.4) is 0 Å². The lowest BCUT2D eigenvalue weighted by molar-refractivity contribution is 0.211. The topological polar surface area (TPSA) is 44.8 Å². The number of hydrogen-bond donors (Lipinski definition) is 0. The summed E-state index contributed by atoms with van der Waals surface area (Å²) in [6.45, 7) is 4.06. The molecule has 0 bridgehead atoms. The van der Waals surface area contributed by atoms with Gasteiger partial charge in [0.1, 0.15) is 5.75 Å². The van der Waals surface area contributed by atoms with E-state index in [1.165, 1.54) is 19.8 Å². The first-order valence-corrected chi connectivity index (χ1v) is 6.51. The number of phosphoric acid groups is 1. The zero-order valence-corrected chi connectivity index (χ0v) is 10.9. The standard InChI is InChI=1S/C11H17O4P/c1-5-10-6-7-11(8-9(10)2)15-16(12,13-3)14-4/h6-8H,5H2,1-4H3. The summed E-state index contributed by atoms with van der Waals surface area (Å²) < 4.78 is 26.3. The normalized spacial score (nSPS) is 11.5. The predicted octanol–water partition coefficient (Wildman–Crippen LogP) is 3.34. The highest BCUT2D eigenvalue weighted by molar-refractivity contribution is 7.48. The highest BCUT2D eigenvalue weighted by Crippen LogP contribution is 2.47. The Morgan fingerprint density at radius 1 is 1.25 bits per heavy atom. The summed E-state index contributed by atoms with van der Waals surface area (Å²) in [6.07, 6.45) is 0.957. The van der Waals surface area contributed by atoms with Crippen molar-refractivity contribution in [1.29, 1.82) is 0 Å². The SMILES string of the molecule is CCc1ccc(OP(=O)(OC)OC)cc1C. The Kier molecular flexibility index (Phi) is 4.54. The molecule has 0 saturated heterocycles. The summed E-state index contributed by atoms with van der Waals surface area (Å²) in [5.41, 5.74) is 2.33. The minimum absolute atomic E-state index is 0.488. The van der Waals surface area contributed by atoms with Gasteiger partial charge in [-0.2, -0.15) is 0 Å². The number of benzene rings is 1. The van der Waals surface area contributed by atoms with Crippen LogP contribution in [0.1, 0.15) is 18.1 Å². The maximum Gasteiger partial charge on any atom is 0.529 e. The Hall–Kier alpha value is -0.830. The van der Waals surface area contributed by atoms with Crippen molar-refractivity contribution in [3.8, 4) is 5.75 Å². The van der Waals surface area contributed by atoms with Crippen molar-refractivity contribution in [3.63, 3.8) is 0 Å². The van der Waals surface area contributed by atoms with Gasteiger partial charge in [-0.1, -0.05) is 13.0 Å². The van der Waals surface area contributed by atoms with Crippen LogP contribution in [0.5, 0.6) is 5.75 Å². The number of phosphoric ester groups is 1. The zero-order valence-electron chi connectivity index (χ0n) is 10.0. The maximum atomic E-state index is 11.7. The van der Waals surface area contributed by atoms with Crippen molar-refractivity contribution in [1.82, 2.24) is 0 Å². The molecule has 0 aliphatic carbocycles. The highest BCUT2D eigenvalue weighted by Gasteiger charge is 2.24. The number of aryl methyl sites for hydroxylation is 2. The minimum Gasteiger partial charge on any atom is -0.404 e. The molecule has 0 aliphatic rings.